The molecule has 1 rings (SSSR count). The van der Waals surface area contributed by atoms with Crippen molar-refractivity contribution >= 4 is 11.7 Å². The molecule has 0 radical (unpaired) electrons. The number of benzene rings is 1. The van der Waals surface area contributed by atoms with E-state index in [1.807, 2.05) is 61.6 Å². The number of amides is 1. The van der Waals surface area contributed by atoms with Crippen LogP contribution in [0.1, 0.15) is 39.5 Å². The Morgan fingerprint density at radius 2 is 1.90 bits per heavy atom. The van der Waals surface area contributed by atoms with E-state index in [1.54, 1.807) is 31.5 Å². The van der Waals surface area contributed by atoms with E-state index in [4.69, 9.17) is 9.47 Å². The Hall–Kier alpha value is -3.46. The first kappa shape index (κ1) is 34.6. The highest BCUT2D eigenvalue weighted by molar-refractivity contribution is 5.93. The second-order valence-corrected chi connectivity index (χ2v) is 8.86. The molecular weight excluding hydrogens is 506 g/mol. The van der Waals surface area contributed by atoms with Gasteiger partial charge in [0, 0.05) is 38.9 Å². The number of amidine groups is 1. The van der Waals surface area contributed by atoms with Crippen molar-refractivity contribution in [1.82, 2.24) is 10.2 Å². The molecule has 8 nitrogen and oxygen atoms in total. The van der Waals surface area contributed by atoms with Gasteiger partial charge in [0.1, 0.15) is 11.6 Å². The number of hydrogen-bond acceptors (Lipinski definition) is 6. The number of para-hydroxylation sites is 1. The number of allylic oxidation sites excluding steroid dienone is 2. The van der Waals surface area contributed by atoms with E-state index in [9.17, 15) is 15.0 Å². The molecule has 0 aromatic heterocycles. The summed E-state index contributed by atoms with van der Waals surface area (Å²) >= 11 is 0. The minimum Gasteiger partial charge on any atom is -0.465 e. The smallest absolute Gasteiger partial charge is 0.227 e. The lowest BCUT2D eigenvalue weighted by Crippen LogP contribution is -2.32. The number of aliphatic imine (C=N–C) groups is 1. The summed E-state index contributed by atoms with van der Waals surface area (Å²) in [6.07, 6.45) is 15.8. The number of unbranched alkanes of at least 4 members (excludes halogenated alkanes) is 1. The van der Waals surface area contributed by atoms with Gasteiger partial charge in [0.25, 0.3) is 0 Å². The topological polar surface area (TPSA) is 104 Å². The van der Waals surface area contributed by atoms with Crippen molar-refractivity contribution in [3.63, 3.8) is 0 Å². The van der Waals surface area contributed by atoms with E-state index in [2.05, 4.69) is 28.7 Å². The molecule has 40 heavy (non-hydrogen) atoms. The summed E-state index contributed by atoms with van der Waals surface area (Å²) < 4.78 is 11.2. The van der Waals surface area contributed by atoms with Gasteiger partial charge in [-0.05, 0) is 56.9 Å². The number of carbonyl (C=O) groups is 1. The van der Waals surface area contributed by atoms with Crippen molar-refractivity contribution in [3.8, 4) is 5.75 Å². The standard InChI is InChI=1S/C32H47N3O5/c1-5-8-16-28(32(37)38)21-26-39-24-13-12-23-35(7-3)30(33-4)20-14-22-34-31(36)27(6-2)17-15-25-40-29-18-10-9-11-19-29/h6,8-11,14-16,18-21,25,27,32,37-38H,2,5,7,12-13,17,22-24,26H2,1,3-4H3,(H,34,36)/b16-8-,20-14-,25-15+,28-21+,33-30?. The van der Waals surface area contributed by atoms with Crippen LogP contribution in [0.5, 0.6) is 5.75 Å². The number of nitrogens with zero attached hydrogens (tertiary/aromatic N) is 2. The van der Waals surface area contributed by atoms with Crippen LogP contribution in [0.3, 0.4) is 0 Å². The molecule has 1 amide bonds. The zero-order valence-electron chi connectivity index (χ0n) is 24.2. The molecule has 1 unspecified atom stereocenters. The summed E-state index contributed by atoms with van der Waals surface area (Å²) in [5.74, 6) is 1.16. The van der Waals surface area contributed by atoms with Gasteiger partial charge in [0.05, 0.1) is 18.8 Å². The van der Waals surface area contributed by atoms with Crippen LogP contribution >= 0.6 is 0 Å². The summed E-state index contributed by atoms with van der Waals surface area (Å²) in [6, 6.07) is 9.46. The lowest BCUT2D eigenvalue weighted by Gasteiger charge is -2.22. The molecule has 0 saturated heterocycles. The van der Waals surface area contributed by atoms with Crippen molar-refractivity contribution in [2.24, 2.45) is 10.9 Å². The third kappa shape index (κ3) is 15.2. The Kier molecular flexibility index (Phi) is 19.3. The molecule has 220 valence electrons. The first-order chi connectivity index (χ1) is 19.5. The van der Waals surface area contributed by atoms with Gasteiger partial charge in [-0.2, -0.15) is 0 Å². The molecule has 0 fully saturated rings. The van der Waals surface area contributed by atoms with Crippen molar-refractivity contribution in [2.75, 3.05) is 39.9 Å². The number of nitrogens with one attached hydrogen (secondary N) is 1. The van der Waals surface area contributed by atoms with Gasteiger partial charge in [-0.3, -0.25) is 9.79 Å². The normalized spacial score (nSPS) is 13.4. The zero-order chi connectivity index (χ0) is 29.4. The molecule has 0 heterocycles. The molecule has 0 saturated carbocycles. The fourth-order valence-corrected chi connectivity index (χ4v) is 3.61. The Bertz CT molecular complexity index is 984. The lowest BCUT2D eigenvalue weighted by atomic mass is 10.1. The van der Waals surface area contributed by atoms with Crippen LogP contribution in [-0.4, -0.2) is 73.0 Å². The summed E-state index contributed by atoms with van der Waals surface area (Å²) in [5, 5.41) is 21.7. The summed E-state index contributed by atoms with van der Waals surface area (Å²) in [7, 11) is 1.76. The Morgan fingerprint density at radius 1 is 1.12 bits per heavy atom. The molecule has 1 aromatic carbocycles. The maximum atomic E-state index is 12.5. The molecular formula is C32H47N3O5. The minimum atomic E-state index is -1.50. The molecule has 1 aromatic rings. The van der Waals surface area contributed by atoms with Crippen molar-refractivity contribution < 1.29 is 24.5 Å². The fourth-order valence-electron chi connectivity index (χ4n) is 3.61. The van der Waals surface area contributed by atoms with Crippen LogP contribution in [0.2, 0.25) is 0 Å². The SMILES string of the molecule is C=CC(C/C=C/Oc1ccccc1)C(=O)NC/C=C\C(=NC)N(CC)CCCCOC/C=C(\C=C/CC)C(O)O. The summed E-state index contributed by atoms with van der Waals surface area (Å²) in [5.41, 5.74) is 0.441. The molecule has 0 spiro atoms. The number of likely N-dealkylation sites (N-methyl/N-ethyl adjacent to an activating group) is 1. The van der Waals surface area contributed by atoms with Gasteiger partial charge in [-0.1, -0.05) is 55.5 Å². The number of ether oxygens (including phenoxy) is 2. The Labute approximate surface area is 240 Å². The fraction of sp³-hybridized carbons (Fsp3) is 0.438. The van der Waals surface area contributed by atoms with Crippen LogP contribution in [0, 0.1) is 5.92 Å². The first-order valence-corrected chi connectivity index (χ1v) is 13.9. The number of aliphatic hydroxyl groups excluding tert-OH is 1. The largest absolute Gasteiger partial charge is 0.465 e. The average molecular weight is 554 g/mol. The van der Waals surface area contributed by atoms with E-state index in [-0.39, 0.29) is 11.8 Å². The second kappa shape index (κ2) is 22.4. The molecule has 8 heteroatoms. The van der Waals surface area contributed by atoms with Crippen LogP contribution < -0.4 is 10.1 Å². The molecule has 1 atom stereocenters. The third-order valence-electron chi connectivity index (χ3n) is 5.90. The van der Waals surface area contributed by atoms with Crippen molar-refractivity contribution in [3.05, 3.63) is 91.3 Å². The Balaban J connectivity index is 2.37. The average Bonchev–Trinajstić information content (AvgIpc) is 2.97. The van der Waals surface area contributed by atoms with E-state index in [0.717, 1.165) is 43.9 Å². The molecule has 0 bridgehead atoms. The molecule has 0 aliphatic heterocycles. The third-order valence-corrected chi connectivity index (χ3v) is 5.90. The van der Waals surface area contributed by atoms with Gasteiger partial charge in [0.2, 0.25) is 5.91 Å². The van der Waals surface area contributed by atoms with Crippen molar-refractivity contribution in [2.45, 2.75) is 45.8 Å². The summed E-state index contributed by atoms with van der Waals surface area (Å²) in [4.78, 5) is 19.1. The van der Waals surface area contributed by atoms with Gasteiger partial charge in [-0.25, -0.2) is 0 Å². The Morgan fingerprint density at radius 3 is 2.55 bits per heavy atom. The van der Waals surface area contributed by atoms with Gasteiger partial charge < -0.3 is 29.9 Å². The van der Waals surface area contributed by atoms with E-state index in [1.165, 1.54) is 0 Å². The molecule has 3 N–H and O–H groups in total. The van der Waals surface area contributed by atoms with Gasteiger partial charge >= 0.3 is 0 Å². The van der Waals surface area contributed by atoms with Crippen LogP contribution in [0.4, 0.5) is 0 Å². The molecule has 0 aliphatic carbocycles. The minimum absolute atomic E-state index is 0.0943. The van der Waals surface area contributed by atoms with Crippen LogP contribution in [-0.2, 0) is 9.53 Å². The maximum absolute atomic E-state index is 12.5. The van der Waals surface area contributed by atoms with Crippen LogP contribution in [0.15, 0.2) is 96.3 Å². The van der Waals surface area contributed by atoms with E-state index < -0.39 is 6.29 Å². The van der Waals surface area contributed by atoms with Gasteiger partial charge in [0.15, 0.2) is 6.29 Å². The number of rotatable bonds is 20. The van der Waals surface area contributed by atoms with Crippen LogP contribution in [0.25, 0.3) is 0 Å². The van der Waals surface area contributed by atoms with Gasteiger partial charge in [-0.15, -0.1) is 6.58 Å². The maximum Gasteiger partial charge on any atom is 0.227 e. The quantitative estimate of drug-likeness (QED) is 0.0408. The highest BCUT2D eigenvalue weighted by Gasteiger charge is 2.12. The first-order valence-electron chi connectivity index (χ1n) is 13.9. The lowest BCUT2D eigenvalue weighted by molar-refractivity contribution is -0.123. The summed E-state index contributed by atoms with van der Waals surface area (Å²) in [6.45, 7) is 10.8. The number of aliphatic hydroxyl groups is 2. The number of carbonyl (C=O) groups excluding carboxylic acids is 1. The second-order valence-electron chi connectivity index (χ2n) is 8.86. The van der Waals surface area contributed by atoms with Crippen molar-refractivity contribution in [1.29, 1.82) is 0 Å². The number of hydrogen-bond donors (Lipinski definition) is 3. The highest BCUT2D eigenvalue weighted by Crippen LogP contribution is 2.10. The van der Waals surface area contributed by atoms with E-state index >= 15 is 0 Å². The van der Waals surface area contributed by atoms with E-state index in [0.29, 0.717) is 31.8 Å². The highest BCUT2D eigenvalue weighted by atomic mass is 16.5. The monoisotopic (exact) mass is 553 g/mol. The zero-order valence-corrected chi connectivity index (χ0v) is 24.2. The molecule has 0 aliphatic rings. The predicted molar refractivity (Wildman–Crippen MR) is 163 cm³/mol. The predicted octanol–water partition coefficient (Wildman–Crippen LogP) is 4.79.